The Kier molecular flexibility index (Phi) is 6.66. The lowest BCUT2D eigenvalue weighted by molar-refractivity contribution is -0.132. The highest BCUT2D eigenvalue weighted by Gasteiger charge is 2.28. The van der Waals surface area contributed by atoms with Crippen LogP contribution in [-0.4, -0.2) is 58.6 Å². The number of hydrogen-bond acceptors (Lipinski definition) is 5. The van der Waals surface area contributed by atoms with Crippen molar-refractivity contribution in [2.24, 2.45) is 0 Å². The van der Waals surface area contributed by atoms with Gasteiger partial charge in [0.25, 0.3) is 0 Å². The Hall–Kier alpha value is -2.29. The number of hydrogen-bond donors (Lipinski definition) is 1. The largest absolute Gasteiger partial charge is 0.495 e. The molecule has 1 fully saturated rings. The Morgan fingerprint density at radius 2 is 1.76 bits per heavy atom. The molecule has 1 atom stereocenters. The highest BCUT2D eigenvalue weighted by atomic mass is 35.5. The fourth-order valence-corrected chi connectivity index (χ4v) is 4.81. The first kappa shape index (κ1) is 21.4. The number of nitrogens with one attached hydrogen (secondary N) is 1. The lowest BCUT2D eigenvalue weighted by Crippen LogP contribution is -2.54. The van der Waals surface area contributed by atoms with Crippen LogP contribution in [0, 0.1) is 0 Å². The normalized spacial score (nSPS) is 15.8. The third-order valence-corrected chi connectivity index (χ3v) is 6.68. The van der Waals surface area contributed by atoms with Gasteiger partial charge in [0.15, 0.2) is 0 Å². The van der Waals surface area contributed by atoms with Crippen LogP contribution in [0.1, 0.15) is 6.92 Å². The summed E-state index contributed by atoms with van der Waals surface area (Å²) >= 11 is 6.02. The second-order valence-corrected chi connectivity index (χ2v) is 8.91. The van der Waals surface area contributed by atoms with Gasteiger partial charge in [-0.25, -0.2) is 8.42 Å². The number of rotatable bonds is 6. The second kappa shape index (κ2) is 9.02. The van der Waals surface area contributed by atoms with E-state index in [9.17, 15) is 13.2 Å². The van der Waals surface area contributed by atoms with E-state index in [1.807, 2.05) is 30.3 Å². The molecule has 1 amide bonds. The average molecular weight is 438 g/mol. The standard InChI is InChI=1S/C20H24ClN3O4S/c1-15(22-29(26,27)17-8-9-19(28-2)18(21)14-17)20(25)24-12-10-23(11-13-24)16-6-4-3-5-7-16/h3-9,14-15,22H,10-13H2,1-2H3/t15-/m1/s1. The summed E-state index contributed by atoms with van der Waals surface area (Å²) < 4.78 is 32.7. The van der Waals surface area contributed by atoms with Crippen molar-refractivity contribution in [2.45, 2.75) is 17.9 Å². The summed E-state index contributed by atoms with van der Waals surface area (Å²) in [5.74, 6) is 0.131. The number of piperazine rings is 1. The lowest BCUT2D eigenvalue weighted by Gasteiger charge is -2.37. The van der Waals surface area contributed by atoms with E-state index in [4.69, 9.17) is 16.3 Å². The minimum atomic E-state index is -3.89. The maximum Gasteiger partial charge on any atom is 0.241 e. The monoisotopic (exact) mass is 437 g/mol. The number of nitrogens with zero attached hydrogens (tertiary/aromatic N) is 2. The molecule has 2 aromatic rings. The van der Waals surface area contributed by atoms with Crippen LogP contribution in [0.25, 0.3) is 0 Å². The fourth-order valence-electron chi connectivity index (χ4n) is 3.26. The van der Waals surface area contributed by atoms with Crippen LogP contribution in [-0.2, 0) is 14.8 Å². The van der Waals surface area contributed by atoms with Crippen molar-refractivity contribution in [1.82, 2.24) is 9.62 Å². The number of anilines is 1. The second-order valence-electron chi connectivity index (χ2n) is 6.79. The summed E-state index contributed by atoms with van der Waals surface area (Å²) in [6, 6.07) is 13.3. The van der Waals surface area contributed by atoms with Crippen molar-refractivity contribution in [3.8, 4) is 5.75 Å². The maximum absolute atomic E-state index is 12.8. The fraction of sp³-hybridized carbons (Fsp3) is 0.350. The van der Waals surface area contributed by atoms with Gasteiger partial charge in [0, 0.05) is 31.9 Å². The van der Waals surface area contributed by atoms with E-state index in [0.29, 0.717) is 31.9 Å². The Bertz CT molecular complexity index is 961. The van der Waals surface area contributed by atoms with Gasteiger partial charge < -0.3 is 14.5 Å². The molecule has 0 radical (unpaired) electrons. The van der Waals surface area contributed by atoms with E-state index in [1.54, 1.807) is 11.8 Å². The minimum Gasteiger partial charge on any atom is -0.495 e. The van der Waals surface area contributed by atoms with E-state index in [0.717, 1.165) is 5.69 Å². The summed E-state index contributed by atoms with van der Waals surface area (Å²) in [6.45, 7) is 4.02. The van der Waals surface area contributed by atoms with Gasteiger partial charge in [-0.1, -0.05) is 29.8 Å². The predicted octanol–water partition coefficient (Wildman–Crippen LogP) is 2.36. The average Bonchev–Trinajstić information content (AvgIpc) is 2.73. The summed E-state index contributed by atoms with van der Waals surface area (Å²) in [5.41, 5.74) is 1.12. The third kappa shape index (κ3) is 5.01. The van der Waals surface area contributed by atoms with Gasteiger partial charge >= 0.3 is 0 Å². The highest BCUT2D eigenvalue weighted by molar-refractivity contribution is 7.89. The zero-order chi connectivity index (χ0) is 21.0. The number of amides is 1. The molecule has 1 aliphatic rings. The molecule has 29 heavy (non-hydrogen) atoms. The first-order valence-corrected chi connectivity index (χ1v) is 11.1. The Balaban J connectivity index is 1.61. The zero-order valence-electron chi connectivity index (χ0n) is 16.3. The molecular formula is C20H24ClN3O4S. The molecule has 0 aromatic heterocycles. The van der Waals surface area contributed by atoms with Gasteiger partial charge in [-0.05, 0) is 37.3 Å². The van der Waals surface area contributed by atoms with Crippen LogP contribution in [0.3, 0.4) is 0 Å². The van der Waals surface area contributed by atoms with Crippen LogP contribution >= 0.6 is 11.6 Å². The predicted molar refractivity (Wildman–Crippen MR) is 113 cm³/mol. The maximum atomic E-state index is 12.8. The van der Waals surface area contributed by atoms with Gasteiger partial charge in [-0.3, -0.25) is 4.79 Å². The molecule has 9 heteroatoms. The molecule has 0 bridgehead atoms. The number of methoxy groups -OCH3 is 1. The van der Waals surface area contributed by atoms with E-state index in [1.165, 1.54) is 25.3 Å². The minimum absolute atomic E-state index is 0.0168. The molecule has 1 N–H and O–H groups in total. The summed E-state index contributed by atoms with van der Waals surface area (Å²) in [6.07, 6.45) is 0. The quantitative estimate of drug-likeness (QED) is 0.750. The van der Waals surface area contributed by atoms with Crippen molar-refractivity contribution in [3.63, 3.8) is 0 Å². The topological polar surface area (TPSA) is 78.9 Å². The first-order chi connectivity index (χ1) is 13.8. The van der Waals surface area contributed by atoms with E-state index in [-0.39, 0.29) is 15.8 Å². The van der Waals surface area contributed by atoms with Crippen molar-refractivity contribution >= 4 is 33.2 Å². The van der Waals surface area contributed by atoms with Crippen LogP contribution in [0.4, 0.5) is 5.69 Å². The summed E-state index contributed by atoms with van der Waals surface area (Å²) in [7, 11) is -2.44. The smallest absolute Gasteiger partial charge is 0.241 e. The zero-order valence-corrected chi connectivity index (χ0v) is 17.9. The number of para-hydroxylation sites is 1. The van der Waals surface area contributed by atoms with Crippen molar-refractivity contribution < 1.29 is 17.9 Å². The van der Waals surface area contributed by atoms with Gasteiger partial charge in [0.05, 0.1) is 23.1 Å². The molecule has 156 valence electrons. The summed E-state index contributed by atoms with van der Waals surface area (Å²) in [5, 5.41) is 0.186. The van der Waals surface area contributed by atoms with Crippen LogP contribution < -0.4 is 14.4 Å². The Morgan fingerprint density at radius 3 is 2.34 bits per heavy atom. The third-order valence-electron chi connectivity index (χ3n) is 4.85. The van der Waals surface area contributed by atoms with Crippen LogP contribution in [0.2, 0.25) is 5.02 Å². The Labute approximate surface area is 176 Å². The molecule has 0 aliphatic carbocycles. The van der Waals surface area contributed by atoms with Crippen LogP contribution in [0.5, 0.6) is 5.75 Å². The van der Waals surface area contributed by atoms with E-state index < -0.39 is 16.1 Å². The number of carbonyl (C=O) groups excluding carboxylic acids is 1. The molecule has 7 nitrogen and oxygen atoms in total. The SMILES string of the molecule is COc1ccc(S(=O)(=O)N[C@H](C)C(=O)N2CCN(c3ccccc3)CC2)cc1Cl. The molecule has 1 saturated heterocycles. The molecular weight excluding hydrogens is 414 g/mol. The summed E-state index contributed by atoms with van der Waals surface area (Å²) in [4.78, 5) is 16.6. The van der Waals surface area contributed by atoms with Crippen LogP contribution in [0.15, 0.2) is 53.4 Å². The first-order valence-electron chi connectivity index (χ1n) is 9.26. The highest BCUT2D eigenvalue weighted by Crippen LogP contribution is 2.27. The molecule has 1 heterocycles. The number of benzene rings is 2. The van der Waals surface area contributed by atoms with Gasteiger partial charge in [-0.2, -0.15) is 4.72 Å². The molecule has 0 spiro atoms. The van der Waals surface area contributed by atoms with E-state index >= 15 is 0 Å². The number of halogens is 1. The van der Waals surface area contributed by atoms with Gasteiger partial charge in [0.2, 0.25) is 15.9 Å². The van der Waals surface area contributed by atoms with Crippen molar-refractivity contribution in [3.05, 3.63) is 53.6 Å². The lowest BCUT2D eigenvalue weighted by atomic mass is 10.2. The number of ether oxygens (including phenoxy) is 1. The van der Waals surface area contributed by atoms with Gasteiger partial charge in [-0.15, -0.1) is 0 Å². The molecule has 3 rings (SSSR count). The van der Waals surface area contributed by atoms with Gasteiger partial charge in [0.1, 0.15) is 5.75 Å². The number of carbonyl (C=O) groups is 1. The van der Waals surface area contributed by atoms with Crippen molar-refractivity contribution in [2.75, 3.05) is 38.2 Å². The molecule has 2 aromatic carbocycles. The molecule has 1 aliphatic heterocycles. The molecule has 0 unspecified atom stereocenters. The molecule has 0 saturated carbocycles. The Morgan fingerprint density at radius 1 is 1.10 bits per heavy atom. The van der Waals surface area contributed by atoms with E-state index in [2.05, 4.69) is 9.62 Å². The van der Waals surface area contributed by atoms with Crippen molar-refractivity contribution in [1.29, 1.82) is 0 Å². The number of sulfonamides is 1.